The molecule has 0 radical (unpaired) electrons. The number of likely N-dealkylation sites (N-methyl/N-ethyl adjacent to an activating group) is 1. The van der Waals surface area contributed by atoms with E-state index in [2.05, 4.69) is 4.90 Å². The molecule has 3 atom stereocenters. The van der Waals surface area contributed by atoms with Crippen molar-refractivity contribution in [1.82, 2.24) is 4.90 Å². The van der Waals surface area contributed by atoms with Crippen LogP contribution in [0.1, 0.15) is 19.8 Å². The third-order valence-electron chi connectivity index (χ3n) is 3.16. The average molecular weight is 216 g/mol. The van der Waals surface area contributed by atoms with Gasteiger partial charge in [-0.1, -0.05) is 0 Å². The van der Waals surface area contributed by atoms with E-state index in [9.17, 15) is 5.11 Å². The molecule has 0 aliphatic carbocycles. The lowest BCUT2D eigenvalue weighted by molar-refractivity contribution is 0.0281. The van der Waals surface area contributed by atoms with Gasteiger partial charge in [-0.2, -0.15) is 0 Å². The Balaban J connectivity index is 2.34. The van der Waals surface area contributed by atoms with E-state index in [0.717, 1.165) is 26.2 Å². The summed E-state index contributed by atoms with van der Waals surface area (Å²) < 4.78 is 5.44. The highest BCUT2D eigenvalue weighted by Crippen LogP contribution is 2.15. The Bertz CT molecular complexity index is 170. The second kappa shape index (κ2) is 6.43. The van der Waals surface area contributed by atoms with Crippen molar-refractivity contribution in [3.05, 3.63) is 0 Å². The van der Waals surface area contributed by atoms with Gasteiger partial charge in [0.1, 0.15) is 0 Å². The molecule has 4 nitrogen and oxygen atoms in total. The Morgan fingerprint density at radius 1 is 1.60 bits per heavy atom. The third kappa shape index (κ3) is 4.07. The number of rotatable bonds is 5. The Labute approximate surface area is 92.4 Å². The van der Waals surface area contributed by atoms with Gasteiger partial charge in [0.15, 0.2) is 0 Å². The lowest BCUT2D eigenvalue weighted by Crippen LogP contribution is -2.49. The number of aliphatic hydroxyl groups excluding tert-OH is 1. The SMILES string of the molecule is CC(N)C(CO)N(C)CC1CCCOC1. The van der Waals surface area contributed by atoms with Crippen LogP contribution in [-0.4, -0.2) is 55.5 Å². The molecule has 3 unspecified atom stereocenters. The first-order valence-electron chi connectivity index (χ1n) is 5.79. The van der Waals surface area contributed by atoms with Crippen LogP contribution in [0.2, 0.25) is 0 Å². The Hall–Kier alpha value is -0.160. The van der Waals surface area contributed by atoms with Crippen LogP contribution in [0.5, 0.6) is 0 Å². The molecule has 15 heavy (non-hydrogen) atoms. The lowest BCUT2D eigenvalue weighted by Gasteiger charge is -2.33. The van der Waals surface area contributed by atoms with Crippen LogP contribution in [0.4, 0.5) is 0 Å². The first kappa shape index (κ1) is 12.9. The molecule has 1 rings (SSSR count). The first-order valence-corrected chi connectivity index (χ1v) is 5.79. The minimum Gasteiger partial charge on any atom is -0.395 e. The third-order valence-corrected chi connectivity index (χ3v) is 3.16. The summed E-state index contributed by atoms with van der Waals surface area (Å²) in [7, 11) is 2.03. The largest absolute Gasteiger partial charge is 0.395 e. The Kier molecular flexibility index (Phi) is 5.53. The molecule has 0 aromatic heterocycles. The predicted octanol–water partition coefficient (Wildman–Crippen LogP) is 0.0529. The molecule has 1 heterocycles. The van der Waals surface area contributed by atoms with Crippen LogP contribution >= 0.6 is 0 Å². The van der Waals surface area contributed by atoms with Gasteiger partial charge in [0.25, 0.3) is 0 Å². The first-order chi connectivity index (χ1) is 7.15. The van der Waals surface area contributed by atoms with Gasteiger partial charge in [-0.15, -0.1) is 0 Å². The van der Waals surface area contributed by atoms with Crippen molar-refractivity contribution in [2.75, 3.05) is 33.4 Å². The van der Waals surface area contributed by atoms with E-state index in [-0.39, 0.29) is 18.7 Å². The zero-order valence-corrected chi connectivity index (χ0v) is 9.85. The van der Waals surface area contributed by atoms with E-state index in [1.165, 1.54) is 6.42 Å². The molecule has 0 aromatic rings. The van der Waals surface area contributed by atoms with Crippen molar-refractivity contribution in [2.45, 2.75) is 31.8 Å². The maximum atomic E-state index is 9.24. The molecule has 1 aliphatic heterocycles. The lowest BCUT2D eigenvalue weighted by atomic mass is 10.0. The van der Waals surface area contributed by atoms with Gasteiger partial charge in [-0.25, -0.2) is 0 Å². The van der Waals surface area contributed by atoms with Gasteiger partial charge >= 0.3 is 0 Å². The fourth-order valence-electron chi connectivity index (χ4n) is 2.20. The summed E-state index contributed by atoms with van der Waals surface area (Å²) in [6.45, 7) is 4.78. The fraction of sp³-hybridized carbons (Fsp3) is 1.00. The topological polar surface area (TPSA) is 58.7 Å². The second-order valence-corrected chi connectivity index (χ2v) is 4.63. The number of aliphatic hydroxyl groups is 1. The monoisotopic (exact) mass is 216 g/mol. The molecule has 1 fully saturated rings. The highest BCUT2D eigenvalue weighted by Gasteiger charge is 2.22. The van der Waals surface area contributed by atoms with Crippen LogP contribution in [0.25, 0.3) is 0 Å². The van der Waals surface area contributed by atoms with Crippen LogP contribution in [0, 0.1) is 5.92 Å². The van der Waals surface area contributed by atoms with Gasteiger partial charge in [0, 0.05) is 25.2 Å². The predicted molar refractivity (Wildman–Crippen MR) is 60.7 cm³/mol. The number of nitrogens with two attached hydrogens (primary N) is 1. The summed E-state index contributed by atoms with van der Waals surface area (Å²) in [5.74, 6) is 0.594. The van der Waals surface area contributed by atoms with Crippen molar-refractivity contribution in [2.24, 2.45) is 11.7 Å². The number of hydrogen-bond acceptors (Lipinski definition) is 4. The van der Waals surface area contributed by atoms with Gasteiger partial charge in [0.2, 0.25) is 0 Å². The van der Waals surface area contributed by atoms with Gasteiger partial charge in [-0.3, -0.25) is 4.90 Å². The molecule has 0 saturated carbocycles. The minimum atomic E-state index is 0.00417. The Morgan fingerprint density at radius 2 is 2.33 bits per heavy atom. The fourth-order valence-corrected chi connectivity index (χ4v) is 2.20. The molecule has 4 heteroatoms. The molecule has 90 valence electrons. The normalized spacial score (nSPS) is 26.6. The summed E-state index contributed by atoms with van der Waals surface area (Å²) in [5.41, 5.74) is 5.82. The maximum absolute atomic E-state index is 9.24. The number of hydrogen-bond donors (Lipinski definition) is 2. The quantitative estimate of drug-likeness (QED) is 0.682. The second-order valence-electron chi connectivity index (χ2n) is 4.63. The Morgan fingerprint density at radius 3 is 2.80 bits per heavy atom. The average Bonchev–Trinajstić information content (AvgIpc) is 2.19. The highest BCUT2D eigenvalue weighted by atomic mass is 16.5. The van der Waals surface area contributed by atoms with E-state index in [1.54, 1.807) is 0 Å². The van der Waals surface area contributed by atoms with Crippen molar-refractivity contribution in [3.63, 3.8) is 0 Å². The molecule has 0 aromatic carbocycles. The van der Waals surface area contributed by atoms with Gasteiger partial charge < -0.3 is 15.6 Å². The summed E-state index contributed by atoms with van der Waals surface area (Å²) in [5, 5.41) is 9.24. The number of nitrogens with zero attached hydrogens (tertiary/aromatic N) is 1. The van der Waals surface area contributed by atoms with Crippen LogP contribution < -0.4 is 5.73 Å². The summed E-state index contributed by atoms with van der Waals surface area (Å²) >= 11 is 0. The van der Waals surface area contributed by atoms with E-state index in [4.69, 9.17) is 10.5 Å². The van der Waals surface area contributed by atoms with Crippen molar-refractivity contribution in [3.8, 4) is 0 Å². The summed E-state index contributed by atoms with van der Waals surface area (Å²) in [6, 6.07) is 0.0661. The van der Waals surface area contributed by atoms with E-state index in [1.807, 2.05) is 14.0 Å². The van der Waals surface area contributed by atoms with Gasteiger partial charge in [0.05, 0.1) is 13.2 Å². The molecular weight excluding hydrogens is 192 g/mol. The van der Waals surface area contributed by atoms with Crippen molar-refractivity contribution < 1.29 is 9.84 Å². The van der Waals surface area contributed by atoms with E-state index >= 15 is 0 Å². The van der Waals surface area contributed by atoms with E-state index in [0.29, 0.717) is 5.92 Å². The van der Waals surface area contributed by atoms with Gasteiger partial charge in [-0.05, 0) is 32.7 Å². The zero-order chi connectivity index (χ0) is 11.3. The molecule has 0 bridgehead atoms. The van der Waals surface area contributed by atoms with E-state index < -0.39 is 0 Å². The number of ether oxygens (including phenoxy) is 1. The molecule has 1 saturated heterocycles. The minimum absolute atomic E-state index is 0.00417. The van der Waals surface area contributed by atoms with Crippen LogP contribution in [-0.2, 0) is 4.74 Å². The standard InChI is InChI=1S/C11H24N2O2/c1-9(12)11(7-14)13(2)6-10-4-3-5-15-8-10/h9-11,14H,3-8,12H2,1-2H3. The van der Waals surface area contributed by atoms with Crippen LogP contribution in [0.3, 0.4) is 0 Å². The van der Waals surface area contributed by atoms with Crippen LogP contribution in [0.15, 0.2) is 0 Å². The summed E-state index contributed by atoms with van der Waals surface area (Å²) in [4.78, 5) is 2.16. The molecular formula is C11H24N2O2. The van der Waals surface area contributed by atoms with Crippen molar-refractivity contribution in [1.29, 1.82) is 0 Å². The molecule has 0 amide bonds. The van der Waals surface area contributed by atoms with Crippen molar-refractivity contribution >= 4 is 0 Å². The maximum Gasteiger partial charge on any atom is 0.0601 e. The molecule has 0 spiro atoms. The molecule has 3 N–H and O–H groups in total. The summed E-state index contributed by atoms with van der Waals surface area (Å²) in [6.07, 6.45) is 2.38. The highest BCUT2D eigenvalue weighted by molar-refractivity contribution is 4.78. The smallest absolute Gasteiger partial charge is 0.0601 e. The zero-order valence-electron chi connectivity index (χ0n) is 9.85. The molecule has 1 aliphatic rings.